The van der Waals surface area contributed by atoms with Gasteiger partial charge in [0.05, 0.1) is 6.54 Å². The first kappa shape index (κ1) is 20.8. The lowest BCUT2D eigenvalue weighted by Gasteiger charge is -2.27. The second-order valence-corrected chi connectivity index (χ2v) is 8.18. The average Bonchev–Trinajstić information content (AvgIpc) is 2.78. The van der Waals surface area contributed by atoms with Crippen LogP contribution in [0, 0.1) is 6.92 Å². The Labute approximate surface area is 183 Å². The standard InChI is InChI=1S/C25H22N2O3S/c1-18-9-12-23(13-10-18)26-25(28)22-8-4-5-19(15-22)17-27(31(29)30)24-14-11-20-6-2-3-7-21(20)16-24/h2-16H,17H2,1H3,(H,26,28)(H,29,30)/p-1. The molecule has 31 heavy (non-hydrogen) atoms. The maximum atomic E-state index is 12.6. The fourth-order valence-corrected chi connectivity index (χ4v) is 3.92. The average molecular weight is 430 g/mol. The molecule has 0 saturated carbocycles. The fourth-order valence-electron chi connectivity index (χ4n) is 3.38. The first-order chi connectivity index (χ1) is 15.0. The molecule has 0 bridgehead atoms. The van der Waals surface area contributed by atoms with Crippen LogP contribution in [-0.2, 0) is 17.8 Å². The molecule has 0 aliphatic heterocycles. The summed E-state index contributed by atoms with van der Waals surface area (Å²) in [5.41, 5.74) is 3.57. The number of anilines is 2. The van der Waals surface area contributed by atoms with Gasteiger partial charge in [-0.2, -0.15) is 0 Å². The minimum atomic E-state index is -2.47. The van der Waals surface area contributed by atoms with E-state index in [0.717, 1.165) is 16.3 Å². The number of nitrogens with one attached hydrogen (secondary N) is 1. The first-order valence-electron chi connectivity index (χ1n) is 9.82. The number of rotatable bonds is 6. The van der Waals surface area contributed by atoms with Gasteiger partial charge in [-0.1, -0.05) is 60.2 Å². The van der Waals surface area contributed by atoms with Crippen molar-refractivity contribution in [3.8, 4) is 0 Å². The molecular weight excluding hydrogens is 408 g/mol. The number of aryl methyl sites for hydroxylation is 1. The summed E-state index contributed by atoms with van der Waals surface area (Å²) in [6.07, 6.45) is 0. The van der Waals surface area contributed by atoms with Gasteiger partial charge in [-0.05, 0) is 59.7 Å². The molecule has 1 unspecified atom stereocenters. The van der Waals surface area contributed by atoms with Crippen LogP contribution in [0.15, 0.2) is 91.0 Å². The fraction of sp³-hybridized carbons (Fsp3) is 0.0800. The molecule has 0 aliphatic rings. The predicted molar refractivity (Wildman–Crippen MR) is 125 cm³/mol. The van der Waals surface area contributed by atoms with Crippen LogP contribution in [0.25, 0.3) is 10.8 Å². The van der Waals surface area contributed by atoms with Gasteiger partial charge in [0.25, 0.3) is 5.91 Å². The zero-order valence-corrected chi connectivity index (χ0v) is 17.8. The van der Waals surface area contributed by atoms with Crippen molar-refractivity contribution in [2.45, 2.75) is 13.5 Å². The van der Waals surface area contributed by atoms with Gasteiger partial charge in [0.15, 0.2) is 0 Å². The second kappa shape index (κ2) is 9.12. The highest BCUT2D eigenvalue weighted by Crippen LogP contribution is 2.25. The molecule has 1 N–H and O–H groups in total. The zero-order chi connectivity index (χ0) is 21.8. The number of fused-ring (bicyclic) bond motifs is 1. The van der Waals surface area contributed by atoms with Crippen molar-refractivity contribution in [2.75, 3.05) is 9.62 Å². The molecule has 4 aromatic carbocycles. The lowest BCUT2D eigenvalue weighted by atomic mass is 10.1. The quantitative estimate of drug-likeness (QED) is 0.428. The van der Waals surface area contributed by atoms with E-state index in [2.05, 4.69) is 5.32 Å². The van der Waals surface area contributed by atoms with E-state index < -0.39 is 11.3 Å². The normalized spacial score (nSPS) is 11.8. The Balaban J connectivity index is 1.56. The summed E-state index contributed by atoms with van der Waals surface area (Å²) in [6, 6.07) is 27.8. The summed E-state index contributed by atoms with van der Waals surface area (Å²) in [4.78, 5) is 12.6. The van der Waals surface area contributed by atoms with Crippen LogP contribution >= 0.6 is 0 Å². The third kappa shape index (κ3) is 4.99. The summed E-state index contributed by atoms with van der Waals surface area (Å²) < 4.78 is 25.2. The number of carbonyl (C=O) groups is 1. The highest BCUT2D eigenvalue weighted by Gasteiger charge is 2.12. The van der Waals surface area contributed by atoms with Crippen molar-refractivity contribution in [1.29, 1.82) is 0 Å². The van der Waals surface area contributed by atoms with Gasteiger partial charge in [0.2, 0.25) is 0 Å². The predicted octanol–water partition coefficient (Wildman–Crippen LogP) is 5.20. The van der Waals surface area contributed by atoms with Crippen molar-refractivity contribution in [3.63, 3.8) is 0 Å². The zero-order valence-electron chi connectivity index (χ0n) is 16.9. The monoisotopic (exact) mass is 429 g/mol. The maximum absolute atomic E-state index is 12.6. The Bertz CT molecular complexity index is 1260. The van der Waals surface area contributed by atoms with Crippen LogP contribution in [0.3, 0.4) is 0 Å². The molecule has 4 aromatic rings. The molecule has 0 heterocycles. The third-order valence-corrected chi connectivity index (χ3v) is 5.73. The van der Waals surface area contributed by atoms with E-state index in [1.807, 2.05) is 73.7 Å². The van der Waals surface area contributed by atoms with Crippen molar-refractivity contribution in [3.05, 3.63) is 108 Å². The Hall–Kier alpha value is -3.48. The van der Waals surface area contributed by atoms with E-state index in [9.17, 15) is 13.6 Å². The summed E-state index contributed by atoms with van der Waals surface area (Å²) in [7, 11) is 0. The van der Waals surface area contributed by atoms with Crippen LogP contribution in [0.5, 0.6) is 0 Å². The molecule has 5 nitrogen and oxygen atoms in total. The Morgan fingerprint density at radius 3 is 2.39 bits per heavy atom. The Morgan fingerprint density at radius 1 is 0.903 bits per heavy atom. The van der Waals surface area contributed by atoms with Crippen LogP contribution in [-0.4, -0.2) is 14.7 Å². The number of hydrogen-bond donors (Lipinski definition) is 1. The van der Waals surface area contributed by atoms with Crippen LogP contribution in [0.1, 0.15) is 21.5 Å². The largest absolute Gasteiger partial charge is 0.755 e. The molecule has 6 heteroatoms. The third-order valence-electron chi connectivity index (χ3n) is 5.03. The van der Waals surface area contributed by atoms with E-state index in [1.165, 1.54) is 4.31 Å². The number of carbonyl (C=O) groups excluding carboxylic acids is 1. The van der Waals surface area contributed by atoms with Gasteiger partial charge in [0.1, 0.15) is 0 Å². The highest BCUT2D eigenvalue weighted by atomic mass is 32.2. The minimum absolute atomic E-state index is 0.125. The number of hydrogen-bond acceptors (Lipinski definition) is 3. The second-order valence-electron chi connectivity index (χ2n) is 7.31. The number of nitrogens with zero attached hydrogens (tertiary/aromatic N) is 1. The molecule has 0 saturated heterocycles. The highest BCUT2D eigenvalue weighted by molar-refractivity contribution is 7.80. The van der Waals surface area contributed by atoms with E-state index in [4.69, 9.17) is 0 Å². The molecule has 1 atom stereocenters. The van der Waals surface area contributed by atoms with E-state index >= 15 is 0 Å². The molecule has 156 valence electrons. The SMILES string of the molecule is Cc1ccc(NC(=O)c2cccc(CN(c3ccc4ccccc4c3)S(=O)[O-])c2)cc1. The maximum Gasteiger partial charge on any atom is 0.255 e. The number of benzene rings is 4. The van der Waals surface area contributed by atoms with Gasteiger partial charge in [0, 0.05) is 28.2 Å². The van der Waals surface area contributed by atoms with Crippen molar-refractivity contribution in [2.24, 2.45) is 0 Å². The minimum Gasteiger partial charge on any atom is -0.755 e. The van der Waals surface area contributed by atoms with Crippen molar-refractivity contribution >= 4 is 39.3 Å². The summed E-state index contributed by atoms with van der Waals surface area (Å²) in [6.45, 7) is 2.11. The summed E-state index contributed by atoms with van der Waals surface area (Å²) in [5.74, 6) is -0.244. The van der Waals surface area contributed by atoms with Crippen LogP contribution < -0.4 is 9.62 Å². The molecular formula is C25H21N2O3S-. The first-order valence-corrected chi connectivity index (χ1v) is 10.9. The summed E-state index contributed by atoms with van der Waals surface area (Å²) in [5, 5.41) is 4.87. The lowest BCUT2D eigenvalue weighted by Crippen LogP contribution is -2.25. The molecule has 1 amide bonds. The molecule has 0 aromatic heterocycles. The summed E-state index contributed by atoms with van der Waals surface area (Å²) >= 11 is -2.47. The Kier molecular flexibility index (Phi) is 6.11. The van der Waals surface area contributed by atoms with Crippen LogP contribution in [0.4, 0.5) is 11.4 Å². The molecule has 0 fully saturated rings. The van der Waals surface area contributed by atoms with Gasteiger partial charge >= 0.3 is 0 Å². The van der Waals surface area contributed by atoms with Gasteiger partial charge in [-0.3, -0.25) is 13.3 Å². The van der Waals surface area contributed by atoms with E-state index in [-0.39, 0.29) is 12.5 Å². The smallest absolute Gasteiger partial charge is 0.255 e. The van der Waals surface area contributed by atoms with E-state index in [0.29, 0.717) is 22.5 Å². The molecule has 0 spiro atoms. The number of amides is 1. The lowest BCUT2D eigenvalue weighted by molar-refractivity contribution is 0.102. The molecule has 0 radical (unpaired) electrons. The van der Waals surface area contributed by atoms with Crippen LogP contribution in [0.2, 0.25) is 0 Å². The topological polar surface area (TPSA) is 72.5 Å². The van der Waals surface area contributed by atoms with Gasteiger partial charge in [-0.15, -0.1) is 0 Å². The van der Waals surface area contributed by atoms with E-state index in [1.54, 1.807) is 24.3 Å². The molecule has 0 aliphatic carbocycles. The van der Waals surface area contributed by atoms with Gasteiger partial charge < -0.3 is 9.87 Å². The van der Waals surface area contributed by atoms with Crippen molar-refractivity contribution in [1.82, 2.24) is 0 Å². The Morgan fingerprint density at radius 2 is 1.65 bits per heavy atom. The molecule has 4 rings (SSSR count). The van der Waals surface area contributed by atoms with Gasteiger partial charge in [-0.25, -0.2) is 0 Å². The van der Waals surface area contributed by atoms with Crippen molar-refractivity contribution < 1.29 is 13.6 Å².